The van der Waals surface area contributed by atoms with E-state index in [0.717, 1.165) is 34.5 Å². The minimum Gasteiger partial charge on any atom is -0.282 e. The number of carbonyl (C=O) groups excluding carboxylic acids is 2. The van der Waals surface area contributed by atoms with Crippen molar-refractivity contribution in [3.8, 4) is 0 Å². The third-order valence-corrected chi connectivity index (χ3v) is 6.35. The SMILES string of the molecule is O=C1CCCN1C(=O)CSc1ncnc2sc3c(c12)CCC3. The lowest BCUT2D eigenvalue weighted by molar-refractivity contribution is -0.140. The summed E-state index contributed by atoms with van der Waals surface area (Å²) in [6, 6.07) is 0. The second kappa shape index (κ2) is 5.62. The number of fused-ring (bicyclic) bond motifs is 3. The van der Waals surface area contributed by atoms with Gasteiger partial charge in [0.05, 0.1) is 5.75 Å². The van der Waals surface area contributed by atoms with E-state index in [2.05, 4.69) is 9.97 Å². The van der Waals surface area contributed by atoms with Gasteiger partial charge in [0, 0.05) is 23.2 Å². The van der Waals surface area contributed by atoms with Gasteiger partial charge in [-0.25, -0.2) is 9.97 Å². The van der Waals surface area contributed by atoms with E-state index in [0.29, 0.717) is 13.0 Å². The minimum atomic E-state index is -0.105. The zero-order valence-corrected chi connectivity index (χ0v) is 13.6. The Bertz CT molecular complexity index is 771. The number of rotatable bonds is 3. The second-order valence-corrected chi connectivity index (χ2v) is 7.60. The fourth-order valence-electron chi connectivity index (χ4n) is 3.13. The molecule has 2 amide bonds. The topological polar surface area (TPSA) is 63.2 Å². The first-order valence-electron chi connectivity index (χ1n) is 7.45. The Balaban J connectivity index is 1.57. The standard InChI is InChI=1S/C15H15N3O2S2/c19-11-5-2-6-18(11)12(20)7-21-14-13-9-3-1-4-10(9)22-15(13)17-8-16-14/h8H,1-7H2. The van der Waals surface area contributed by atoms with E-state index < -0.39 is 0 Å². The molecule has 0 N–H and O–H groups in total. The van der Waals surface area contributed by atoms with E-state index in [4.69, 9.17) is 0 Å². The van der Waals surface area contributed by atoms with Crippen LogP contribution in [0.4, 0.5) is 0 Å². The number of imide groups is 1. The van der Waals surface area contributed by atoms with Crippen molar-refractivity contribution >= 4 is 45.1 Å². The van der Waals surface area contributed by atoms with E-state index >= 15 is 0 Å². The van der Waals surface area contributed by atoms with E-state index in [9.17, 15) is 9.59 Å². The molecule has 2 aromatic heterocycles. The van der Waals surface area contributed by atoms with Crippen molar-refractivity contribution in [2.45, 2.75) is 37.1 Å². The highest BCUT2D eigenvalue weighted by atomic mass is 32.2. The van der Waals surface area contributed by atoms with Gasteiger partial charge in [0.25, 0.3) is 0 Å². The summed E-state index contributed by atoms with van der Waals surface area (Å²) in [5.41, 5.74) is 1.37. The Hall–Kier alpha value is -1.47. The summed E-state index contributed by atoms with van der Waals surface area (Å²) < 4.78 is 0. The van der Waals surface area contributed by atoms with Crippen LogP contribution in [0.1, 0.15) is 29.7 Å². The third kappa shape index (κ3) is 2.32. The molecule has 3 heterocycles. The molecular formula is C15H15N3O2S2. The zero-order valence-electron chi connectivity index (χ0n) is 12.0. The number of aryl methyl sites for hydroxylation is 2. The summed E-state index contributed by atoms with van der Waals surface area (Å²) in [5, 5.41) is 2.01. The Kier molecular flexibility index (Phi) is 3.62. The summed E-state index contributed by atoms with van der Waals surface area (Å²) >= 11 is 3.18. The summed E-state index contributed by atoms with van der Waals surface area (Å²) in [7, 11) is 0. The van der Waals surface area contributed by atoms with Gasteiger partial charge < -0.3 is 0 Å². The lowest BCUT2D eigenvalue weighted by Crippen LogP contribution is -2.33. The van der Waals surface area contributed by atoms with Crippen LogP contribution in [0, 0.1) is 0 Å². The van der Waals surface area contributed by atoms with E-state index in [-0.39, 0.29) is 17.6 Å². The Morgan fingerprint density at radius 3 is 3.00 bits per heavy atom. The minimum absolute atomic E-state index is 0.0464. The van der Waals surface area contributed by atoms with Gasteiger partial charge in [-0.3, -0.25) is 14.5 Å². The normalized spacial score (nSPS) is 17.5. The molecule has 5 nitrogen and oxygen atoms in total. The number of hydrogen-bond donors (Lipinski definition) is 0. The van der Waals surface area contributed by atoms with E-state index in [1.165, 1.54) is 33.5 Å². The number of hydrogen-bond acceptors (Lipinski definition) is 6. The number of amides is 2. The molecule has 0 spiro atoms. The molecule has 22 heavy (non-hydrogen) atoms. The molecule has 0 bridgehead atoms. The van der Waals surface area contributed by atoms with Crippen molar-refractivity contribution in [3.05, 3.63) is 16.8 Å². The molecular weight excluding hydrogens is 318 g/mol. The molecule has 0 atom stereocenters. The highest BCUT2D eigenvalue weighted by Gasteiger charge is 2.27. The van der Waals surface area contributed by atoms with E-state index in [1.54, 1.807) is 17.7 Å². The molecule has 1 fully saturated rings. The molecule has 1 aliphatic carbocycles. The molecule has 0 aromatic carbocycles. The fourth-order valence-corrected chi connectivity index (χ4v) is 5.32. The summed E-state index contributed by atoms with van der Waals surface area (Å²) in [6.45, 7) is 0.561. The molecule has 114 valence electrons. The second-order valence-electron chi connectivity index (χ2n) is 5.55. The molecule has 7 heteroatoms. The number of thiophene rings is 1. The molecule has 4 rings (SSSR count). The molecule has 0 radical (unpaired) electrons. The maximum Gasteiger partial charge on any atom is 0.239 e. The predicted molar refractivity (Wildman–Crippen MR) is 86.1 cm³/mol. The van der Waals surface area contributed by atoms with Crippen molar-refractivity contribution in [1.29, 1.82) is 0 Å². The van der Waals surface area contributed by atoms with Crippen LogP contribution in [-0.4, -0.2) is 39.0 Å². The Morgan fingerprint density at radius 2 is 2.18 bits per heavy atom. The predicted octanol–water partition coefficient (Wildman–Crippen LogP) is 2.42. The van der Waals surface area contributed by atoms with Gasteiger partial charge in [-0.05, 0) is 31.2 Å². The first-order chi connectivity index (χ1) is 10.7. The zero-order chi connectivity index (χ0) is 15.1. The molecule has 0 saturated carbocycles. The summed E-state index contributed by atoms with van der Waals surface area (Å²) in [6.07, 6.45) is 6.24. The third-order valence-electron chi connectivity index (χ3n) is 4.17. The van der Waals surface area contributed by atoms with Crippen molar-refractivity contribution in [2.24, 2.45) is 0 Å². The number of aromatic nitrogens is 2. The molecule has 2 aliphatic rings. The summed E-state index contributed by atoms with van der Waals surface area (Å²) in [4.78, 5) is 36.4. The number of likely N-dealkylation sites (tertiary alicyclic amines) is 1. The van der Waals surface area contributed by atoms with Crippen molar-refractivity contribution in [1.82, 2.24) is 14.9 Å². The van der Waals surface area contributed by atoms with Crippen molar-refractivity contribution in [3.63, 3.8) is 0 Å². The maximum atomic E-state index is 12.2. The van der Waals surface area contributed by atoms with Gasteiger partial charge in [0.15, 0.2) is 0 Å². The van der Waals surface area contributed by atoms with E-state index in [1.807, 2.05) is 0 Å². The lowest BCUT2D eigenvalue weighted by Gasteiger charge is -2.12. The maximum absolute atomic E-state index is 12.2. The number of thioether (sulfide) groups is 1. The Labute approximate surface area is 136 Å². The van der Waals surface area contributed by atoms with Crippen LogP contribution in [0.25, 0.3) is 10.2 Å². The van der Waals surface area contributed by atoms with Crippen LogP contribution in [0.5, 0.6) is 0 Å². The van der Waals surface area contributed by atoms with Crippen LogP contribution in [0.3, 0.4) is 0 Å². The van der Waals surface area contributed by atoms with Gasteiger partial charge in [0.1, 0.15) is 16.2 Å². The van der Waals surface area contributed by atoms with Crippen LogP contribution >= 0.6 is 23.1 Å². The van der Waals surface area contributed by atoms with Crippen molar-refractivity contribution in [2.75, 3.05) is 12.3 Å². The number of nitrogens with zero attached hydrogens (tertiary/aromatic N) is 3. The molecule has 2 aromatic rings. The smallest absolute Gasteiger partial charge is 0.239 e. The molecule has 1 saturated heterocycles. The van der Waals surface area contributed by atoms with Gasteiger partial charge in [-0.2, -0.15) is 0 Å². The quantitative estimate of drug-likeness (QED) is 0.637. The van der Waals surface area contributed by atoms with Crippen molar-refractivity contribution < 1.29 is 9.59 Å². The van der Waals surface area contributed by atoms with Gasteiger partial charge in [-0.1, -0.05) is 11.8 Å². The molecule has 1 aliphatic heterocycles. The monoisotopic (exact) mass is 333 g/mol. The summed E-state index contributed by atoms with van der Waals surface area (Å²) in [5.74, 6) is 0.114. The first-order valence-corrected chi connectivity index (χ1v) is 9.25. The van der Waals surface area contributed by atoms with Crippen LogP contribution in [0.15, 0.2) is 11.4 Å². The van der Waals surface area contributed by atoms with Crippen LogP contribution in [-0.2, 0) is 22.4 Å². The lowest BCUT2D eigenvalue weighted by atomic mass is 10.2. The van der Waals surface area contributed by atoms with Crippen LogP contribution in [0.2, 0.25) is 0 Å². The van der Waals surface area contributed by atoms with Gasteiger partial charge >= 0.3 is 0 Å². The first kappa shape index (κ1) is 14.1. The Morgan fingerprint density at radius 1 is 1.27 bits per heavy atom. The average Bonchev–Trinajstić information content (AvgIpc) is 3.19. The highest BCUT2D eigenvalue weighted by molar-refractivity contribution is 8.00. The fraction of sp³-hybridized carbons (Fsp3) is 0.467. The van der Waals surface area contributed by atoms with Gasteiger partial charge in [-0.15, -0.1) is 11.3 Å². The number of carbonyl (C=O) groups is 2. The van der Waals surface area contributed by atoms with Gasteiger partial charge in [0.2, 0.25) is 11.8 Å². The largest absolute Gasteiger partial charge is 0.282 e. The average molecular weight is 333 g/mol. The van der Waals surface area contributed by atoms with Crippen LogP contribution < -0.4 is 0 Å². The highest BCUT2D eigenvalue weighted by Crippen LogP contribution is 2.40. The molecule has 0 unspecified atom stereocenters.